The number of aldehydes is 1. The molecule has 0 N–H and O–H groups in total. The molecule has 3 rings (SSSR count). The van der Waals surface area contributed by atoms with Gasteiger partial charge in [0.15, 0.2) is 6.29 Å². The number of aromatic nitrogens is 2. The fourth-order valence-corrected chi connectivity index (χ4v) is 2.90. The zero-order valence-corrected chi connectivity index (χ0v) is 14.0. The molecule has 0 atom stereocenters. The van der Waals surface area contributed by atoms with Crippen LogP contribution in [0.15, 0.2) is 48.7 Å². The third-order valence-electron chi connectivity index (χ3n) is 3.62. The highest BCUT2D eigenvalue weighted by Gasteiger charge is 2.13. The summed E-state index contributed by atoms with van der Waals surface area (Å²) in [4.78, 5) is 11.4. The van der Waals surface area contributed by atoms with E-state index in [0.29, 0.717) is 27.8 Å². The number of nitrogens with zero attached hydrogens (tertiary/aromatic N) is 2. The number of aryl methyl sites for hydroxylation is 1. The largest absolute Gasteiger partial charge is 0.298 e. The zero-order chi connectivity index (χ0) is 16.4. The van der Waals surface area contributed by atoms with E-state index in [-0.39, 0.29) is 0 Å². The number of halogens is 2. The Kier molecular flexibility index (Phi) is 4.51. The molecule has 3 aromatic rings. The Balaban J connectivity index is 1.99. The second-order valence-electron chi connectivity index (χ2n) is 5.31. The standard InChI is InChI=1S/C18H14Cl2N2O/c1-12-5-7-13(8-6-12)18-14(11-23)9-22(21-18)10-15-16(19)3-2-4-17(15)20/h2-9,11H,10H2,1H3. The molecule has 5 heteroatoms. The Hall–Kier alpha value is -2.10. The van der Waals surface area contributed by atoms with Crippen LogP contribution in [0.4, 0.5) is 0 Å². The predicted molar refractivity (Wildman–Crippen MR) is 93.4 cm³/mol. The van der Waals surface area contributed by atoms with Crippen molar-refractivity contribution < 1.29 is 4.79 Å². The first-order chi connectivity index (χ1) is 11.1. The van der Waals surface area contributed by atoms with Crippen LogP contribution in [0.25, 0.3) is 11.3 Å². The number of carbonyl (C=O) groups is 1. The van der Waals surface area contributed by atoms with E-state index >= 15 is 0 Å². The van der Waals surface area contributed by atoms with Gasteiger partial charge in [0.05, 0.1) is 12.1 Å². The van der Waals surface area contributed by atoms with Gasteiger partial charge in [-0.2, -0.15) is 5.10 Å². The molecule has 0 spiro atoms. The molecule has 0 fully saturated rings. The molecule has 1 aromatic heterocycles. The zero-order valence-electron chi connectivity index (χ0n) is 12.5. The summed E-state index contributed by atoms with van der Waals surface area (Å²) in [6.07, 6.45) is 2.52. The van der Waals surface area contributed by atoms with Gasteiger partial charge in [0.2, 0.25) is 0 Å². The lowest BCUT2D eigenvalue weighted by molar-refractivity contribution is 0.112. The lowest BCUT2D eigenvalue weighted by atomic mass is 10.1. The van der Waals surface area contributed by atoms with E-state index in [2.05, 4.69) is 5.10 Å². The minimum absolute atomic E-state index is 0.408. The lowest BCUT2D eigenvalue weighted by Gasteiger charge is -2.06. The van der Waals surface area contributed by atoms with Crippen molar-refractivity contribution in [3.05, 3.63) is 75.4 Å². The Labute approximate surface area is 144 Å². The van der Waals surface area contributed by atoms with E-state index < -0.39 is 0 Å². The summed E-state index contributed by atoms with van der Waals surface area (Å²) in [6, 6.07) is 13.3. The molecule has 0 radical (unpaired) electrons. The van der Waals surface area contributed by atoms with Gasteiger partial charge in [0.1, 0.15) is 5.69 Å². The maximum atomic E-state index is 11.4. The Morgan fingerprint density at radius 2 is 1.74 bits per heavy atom. The molecule has 0 aliphatic rings. The van der Waals surface area contributed by atoms with Gasteiger partial charge in [0, 0.05) is 27.4 Å². The molecule has 0 amide bonds. The topological polar surface area (TPSA) is 34.9 Å². The summed E-state index contributed by atoms with van der Waals surface area (Å²) in [5.74, 6) is 0. The molecule has 0 saturated carbocycles. The quantitative estimate of drug-likeness (QED) is 0.622. The first-order valence-corrected chi connectivity index (χ1v) is 7.86. The van der Waals surface area contributed by atoms with Crippen molar-refractivity contribution in [2.75, 3.05) is 0 Å². The maximum absolute atomic E-state index is 11.4. The van der Waals surface area contributed by atoms with Gasteiger partial charge in [-0.25, -0.2) is 0 Å². The van der Waals surface area contributed by atoms with Crippen LogP contribution in [0.2, 0.25) is 10.0 Å². The summed E-state index contributed by atoms with van der Waals surface area (Å²) >= 11 is 12.4. The molecule has 0 saturated heterocycles. The van der Waals surface area contributed by atoms with Gasteiger partial charge >= 0.3 is 0 Å². The monoisotopic (exact) mass is 344 g/mol. The Morgan fingerprint density at radius 1 is 1.09 bits per heavy atom. The molecule has 1 heterocycles. The predicted octanol–water partition coefficient (Wildman–Crippen LogP) is 5.03. The highest BCUT2D eigenvalue weighted by molar-refractivity contribution is 6.35. The van der Waals surface area contributed by atoms with Crippen LogP contribution in [0.5, 0.6) is 0 Å². The van der Waals surface area contributed by atoms with Crippen LogP contribution in [-0.4, -0.2) is 16.1 Å². The molecule has 0 bridgehead atoms. The van der Waals surface area contributed by atoms with Crippen LogP contribution >= 0.6 is 23.2 Å². The molecule has 3 nitrogen and oxygen atoms in total. The summed E-state index contributed by atoms with van der Waals surface area (Å²) in [7, 11) is 0. The van der Waals surface area contributed by atoms with Gasteiger partial charge in [-0.1, -0.05) is 59.1 Å². The van der Waals surface area contributed by atoms with E-state index in [4.69, 9.17) is 23.2 Å². The fraction of sp³-hybridized carbons (Fsp3) is 0.111. The Bertz CT molecular complexity index is 834. The third-order valence-corrected chi connectivity index (χ3v) is 4.33. The van der Waals surface area contributed by atoms with Crippen molar-refractivity contribution in [1.82, 2.24) is 9.78 Å². The molecule has 0 aliphatic heterocycles. The third kappa shape index (κ3) is 3.31. The first-order valence-electron chi connectivity index (χ1n) is 7.11. The van der Waals surface area contributed by atoms with E-state index in [1.165, 1.54) is 0 Å². The fourth-order valence-electron chi connectivity index (χ4n) is 2.39. The Morgan fingerprint density at radius 3 is 2.35 bits per heavy atom. The average molecular weight is 345 g/mol. The van der Waals surface area contributed by atoms with Crippen LogP contribution in [0.1, 0.15) is 21.5 Å². The van der Waals surface area contributed by atoms with E-state index in [0.717, 1.165) is 23.0 Å². The summed E-state index contributed by atoms with van der Waals surface area (Å²) in [5.41, 5.74) is 4.04. The minimum Gasteiger partial charge on any atom is -0.298 e. The first kappa shape index (κ1) is 15.8. The van der Waals surface area contributed by atoms with E-state index in [1.54, 1.807) is 29.1 Å². The van der Waals surface area contributed by atoms with Crippen LogP contribution in [0.3, 0.4) is 0 Å². The highest BCUT2D eigenvalue weighted by atomic mass is 35.5. The second kappa shape index (κ2) is 6.57. The van der Waals surface area contributed by atoms with Gasteiger partial charge in [-0.05, 0) is 19.1 Å². The molecule has 23 heavy (non-hydrogen) atoms. The minimum atomic E-state index is 0.408. The van der Waals surface area contributed by atoms with Crippen molar-refractivity contribution in [2.45, 2.75) is 13.5 Å². The SMILES string of the molecule is Cc1ccc(-c2nn(Cc3c(Cl)cccc3Cl)cc2C=O)cc1. The molecule has 0 unspecified atom stereocenters. The van der Waals surface area contributed by atoms with Gasteiger partial charge in [0.25, 0.3) is 0 Å². The molecule has 2 aromatic carbocycles. The average Bonchev–Trinajstić information content (AvgIpc) is 2.95. The van der Waals surface area contributed by atoms with Crippen molar-refractivity contribution in [3.63, 3.8) is 0 Å². The van der Waals surface area contributed by atoms with Crippen molar-refractivity contribution in [3.8, 4) is 11.3 Å². The van der Waals surface area contributed by atoms with Gasteiger partial charge < -0.3 is 0 Å². The van der Waals surface area contributed by atoms with Gasteiger partial charge in [-0.15, -0.1) is 0 Å². The normalized spacial score (nSPS) is 10.7. The summed E-state index contributed by atoms with van der Waals surface area (Å²) < 4.78 is 1.69. The summed E-state index contributed by atoms with van der Waals surface area (Å²) in [6.45, 7) is 2.42. The molecular weight excluding hydrogens is 331 g/mol. The van der Waals surface area contributed by atoms with E-state index in [9.17, 15) is 4.79 Å². The van der Waals surface area contributed by atoms with Crippen molar-refractivity contribution >= 4 is 29.5 Å². The molecular formula is C18H14Cl2N2O. The summed E-state index contributed by atoms with van der Waals surface area (Å²) in [5, 5.41) is 5.69. The number of carbonyl (C=O) groups excluding carboxylic acids is 1. The number of hydrogen-bond acceptors (Lipinski definition) is 2. The highest BCUT2D eigenvalue weighted by Crippen LogP contribution is 2.26. The molecule has 116 valence electrons. The van der Waals surface area contributed by atoms with Gasteiger partial charge in [-0.3, -0.25) is 9.48 Å². The van der Waals surface area contributed by atoms with E-state index in [1.807, 2.05) is 31.2 Å². The molecule has 0 aliphatic carbocycles. The maximum Gasteiger partial charge on any atom is 0.153 e. The van der Waals surface area contributed by atoms with Crippen molar-refractivity contribution in [1.29, 1.82) is 0 Å². The smallest absolute Gasteiger partial charge is 0.153 e. The van der Waals surface area contributed by atoms with Crippen LogP contribution in [-0.2, 0) is 6.54 Å². The number of rotatable bonds is 4. The van der Waals surface area contributed by atoms with Crippen LogP contribution in [0, 0.1) is 6.92 Å². The lowest BCUT2D eigenvalue weighted by Crippen LogP contribution is -2.02. The number of benzene rings is 2. The number of hydrogen-bond donors (Lipinski definition) is 0. The van der Waals surface area contributed by atoms with Crippen LogP contribution < -0.4 is 0 Å². The van der Waals surface area contributed by atoms with Crippen molar-refractivity contribution in [2.24, 2.45) is 0 Å². The second-order valence-corrected chi connectivity index (χ2v) is 6.13.